The molecule has 0 aromatic carbocycles. The highest BCUT2D eigenvalue weighted by atomic mass is 32.1. The van der Waals surface area contributed by atoms with Gasteiger partial charge in [0.05, 0.1) is 11.9 Å². The number of amides is 1. The topological polar surface area (TPSA) is 84.1 Å². The van der Waals surface area contributed by atoms with Gasteiger partial charge in [-0.05, 0) is 19.4 Å². The molecule has 0 aliphatic heterocycles. The summed E-state index contributed by atoms with van der Waals surface area (Å²) in [6.07, 6.45) is 0.955. The molecular weight excluding hydrogens is 274 g/mol. The zero-order valence-corrected chi connectivity index (χ0v) is 12.8. The lowest BCUT2D eigenvalue weighted by Gasteiger charge is -2.17. The highest BCUT2D eigenvalue weighted by Gasteiger charge is 2.15. The number of carbonyl (C=O) groups is 1. The third-order valence-corrected chi connectivity index (χ3v) is 4.03. The van der Waals surface area contributed by atoms with E-state index in [0.29, 0.717) is 5.95 Å². The summed E-state index contributed by atoms with van der Waals surface area (Å²) in [6.45, 7) is 4.98. The first-order valence-corrected chi connectivity index (χ1v) is 7.40. The van der Waals surface area contributed by atoms with Gasteiger partial charge < -0.3 is 16.0 Å². The molecule has 0 spiro atoms. The molecule has 0 atom stereocenters. The Balaban J connectivity index is 2.52. The van der Waals surface area contributed by atoms with Crippen molar-refractivity contribution in [2.45, 2.75) is 20.3 Å². The molecule has 108 valence electrons. The van der Waals surface area contributed by atoms with Crippen LogP contribution in [0, 0.1) is 0 Å². The summed E-state index contributed by atoms with van der Waals surface area (Å²) in [4.78, 5) is 24.1. The predicted octanol–water partition coefficient (Wildman–Crippen LogP) is 1.61. The van der Waals surface area contributed by atoms with Gasteiger partial charge >= 0.3 is 0 Å². The van der Waals surface area contributed by atoms with E-state index in [2.05, 4.69) is 28.3 Å². The summed E-state index contributed by atoms with van der Waals surface area (Å²) >= 11 is 1.65. The summed E-state index contributed by atoms with van der Waals surface area (Å²) < 4.78 is 0. The van der Waals surface area contributed by atoms with Gasteiger partial charge in [0.15, 0.2) is 0 Å². The Morgan fingerprint density at radius 2 is 2.20 bits per heavy atom. The molecule has 2 aromatic rings. The number of thiophene rings is 1. The van der Waals surface area contributed by atoms with Crippen LogP contribution in [-0.4, -0.2) is 36.0 Å². The van der Waals surface area contributed by atoms with Gasteiger partial charge in [0.1, 0.15) is 10.6 Å². The van der Waals surface area contributed by atoms with E-state index in [9.17, 15) is 4.79 Å². The second kappa shape index (κ2) is 6.04. The Kier molecular flexibility index (Phi) is 4.39. The number of fused-ring (bicyclic) bond motifs is 1. The van der Waals surface area contributed by atoms with Crippen LogP contribution in [0.4, 0.5) is 11.8 Å². The van der Waals surface area contributed by atoms with E-state index in [1.807, 2.05) is 14.0 Å². The smallest absolute Gasteiger partial charge is 0.236 e. The zero-order chi connectivity index (χ0) is 14.7. The molecule has 0 bridgehead atoms. The van der Waals surface area contributed by atoms with Crippen molar-refractivity contribution in [1.82, 2.24) is 9.97 Å². The van der Waals surface area contributed by atoms with Gasteiger partial charge in [0, 0.05) is 18.5 Å². The fourth-order valence-electron chi connectivity index (χ4n) is 1.97. The van der Waals surface area contributed by atoms with Gasteiger partial charge in [-0.2, -0.15) is 4.98 Å². The molecule has 0 saturated heterocycles. The number of rotatable bonds is 6. The lowest BCUT2D eigenvalue weighted by molar-refractivity contribution is -0.116. The summed E-state index contributed by atoms with van der Waals surface area (Å²) in [5, 5.41) is 4.09. The van der Waals surface area contributed by atoms with Crippen molar-refractivity contribution < 1.29 is 4.79 Å². The number of likely N-dealkylation sites (N-methyl/N-ethyl adjacent to an activating group) is 1. The van der Waals surface area contributed by atoms with Gasteiger partial charge in [0.2, 0.25) is 11.9 Å². The number of hydrogen-bond acceptors (Lipinski definition) is 6. The number of hydrogen-bond donors (Lipinski definition) is 2. The van der Waals surface area contributed by atoms with Gasteiger partial charge in [-0.25, -0.2) is 4.98 Å². The summed E-state index contributed by atoms with van der Waals surface area (Å²) in [7, 11) is 1.81. The molecule has 0 unspecified atom stereocenters. The summed E-state index contributed by atoms with van der Waals surface area (Å²) in [5.74, 6) is 0.937. The Morgan fingerprint density at radius 1 is 1.45 bits per heavy atom. The van der Waals surface area contributed by atoms with E-state index in [-0.39, 0.29) is 12.5 Å². The Hall–Kier alpha value is -1.89. The van der Waals surface area contributed by atoms with Crippen molar-refractivity contribution in [3.05, 3.63) is 10.9 Å². The molecular formula is C13H19N5OS. The predicted molar refractivity (Wildman–Crippen MR) is 83.4 cm³/mol. The van der Waals surface area contributed by atoms with Gasteiger partial charge in [-0.15, -0.1) is 11.3 Å². The van der Waals surface area contributed by atoms with Crippen molar-refractivity contribution >= 4 is 39.2 Å². The van der Waals surface area contributed by atoms with E-state index >= 15 is 0 Å². The van der Waals surface area contributed by atoms with E-state index in [1.54, 1.807) is 16.2 Å². The van der Waals surface area contributed by atoms with Crippen LogP contribution in [0.3, 0.4) is 0 Å². The number of aryl methyl sites for hydroxylation is 1. The third-order valence-electron chi connectivity index (χ3n) is 2.86. The van der Waals surface area contributed by atoms with Crippen LogP contribution >= 0.6 is 11.3 Å². The fraction of sp³-hybridized carbons (Fsp3) is 0.462. The number of aromatic nitrogens is 2. The van der Waals surface area contributed by atoms with Crippen LogP contribution in [-0.2, 0) is 11.2 Å². The van der Waals surface area contributed by atoms with Crippen molar-refractivity contribution in [2.24, 2.45) is 5.73 Å². The number of carbonyl (C=O) groups excluding carboxylic acids is 1. The Labute approximate surface area is 122 Å². The summed E-state index contributed by atoms with van der Waals surface area (Å²) in [5.41, 5.74) is 5.27. The quantitative estimate of drug-likeness (QED) is 0.845. The molecule has 6 nitrogen and oxygen atoms in total. The SMILES string of the molecule is CCNc1nc(N(C)CC(N)=O)c2cc(CC)sc2n1. The van der Waals surface area contributed by atoms with Crippen molar-refractivity contribution in [1.29, 1.82) is 0 Å². The standard InChI is InChI=1S/C13H19N5OS/c1-4-8-6-9-11(18(3)7-10(14)19)16-13(15-5-2)17-12(9)20-8/h6H,4-5,7H2,1-3H3,(H2,14,19)(H,15,16,17). The number of primary amides is 1. The van der Waals surface area contributed by atoms with Gasteiger partial charge in [-0.1, -0.05) is 6.92 Å². The van der Waals surface area contributed by atoms with Crippen LogP contribution < -0.4 is 16.0 Å². The lowest BCUT2D eigenvalue weighted by Crippen LogP contribution is -2.31. The molecule has 7 heteroatoms. The van der Waals surface area contributed by atoms with Crippen LogP contribution in [0.15, 0.2) is 6.07 Å². The molecule has 3 N–H and O–H groups in total. The third kappa shape index (κ3) is 2.98. The second-order valence-corrected chi connectivity index (χ2v) is 5.62. The molecule has 0 aliphatic carbocycles. The molecule has 2 aromatic heterocycles. The minimum absolute atomic E-state index is 0.134. The van der Waals surface area contributed by atoms with E-state index in [0.717, 1.165) is 29.0 Å². The molecule has 2 rings (SSSR count). The maximum atomic E-state index is 11.1. The Bertz CT molecular complexity index is 624. The maximum Gasteiger partial charge on any atom is 0.236 e. The van der Waals surface area contributed by atoms with Gasteiger partial charge in [-0.3, -0.25) is 4.79 Å². The highest BCUT2D eigenvalue weighted by molar-refractivity contribution is 7.18. The first kappa shape index (κ1) is 14.5. The fourth-order valence-corrected chi connectivity index (χ4v) is 2.93. The van der Waals surface area contributed by atoms with Crippen LogP contribution in [0.2, 0.25) is 0 Å². The van der Waals surface area contributed by atoms with Crippen molar-refractivity contribution in [3.63, 3.8) is 0 Å². The maximum absolute atomic E-state index is 11.1. The molecule has 1 amide bonds. The lowest BCUT2D eigenvalue weighted by atomic mass is 10.3. The normalized spacial score (nSPS) is 10.8. The van der Waals surface area contributed by atoms with E-state index in [1.165, 1.54) is 4.88 Å². The second-order valence-electron chi connectivity index (χ2n) is 4.51. The molecule has 2 heterocycles. The monoisotopic (exact) mass is 293 g/mol. The molecule has 0 fully saturated rings. The Morgan fingerprint density at radius 3 is 2.80 bits per heavy atom. The van der Waals surface area contributed by atoms with Crippen molar-refractivity contribution in [2.75, 3.05) is 30.4 Å². The van der Waals surface area contributed by atoms with Gasteiger partial charge in [0.25, 0.3) is 0 Å². The van der Waals surface area contributed by atoms with Crippen molar-refractivity contribution in [3.8, 4) is 0 Å². The van der Waals surface area contributed by atoms with Crippen LogP contribution in [0.5, 0.6) is 0 Å². The molecule has 0 radical (unpaired) electrons. The molecule has 20 heavy (non-hydrogen) atoms. The summed E-state index contributed by atoms with van der Waals surface area (Å²) in [6, 6.07) is 2.09. The highest BCUT2D eigenvalue weighted by Crippen LogP contribution is 2.31. The average Bonchev–Trinajstić information content (AvgIpc) is 2.80. The average molecular weight is 293 g/mol. The van der Waals surface area contributed by atoms with E-state index in [4.69, 9.17) is 5.73 Å². The number of nitrogens with two attached hydrogens (primary N) is 1. The first-order valence-electron chi connectivity index (χ1n) is 6.58. The van der Waals surface area contributed by atoms with E-state index < -0.39 is 0 Å². The minimum atomic E-state index is -0.379. The number of anilines is 2. The minimum Gasteiger partial charge on any atom is -0.368 e. The zero-order valence-electron chi connectivity index (χ0n) is 11.9. The van der Waals surface area contributed by atoms with Crippen LogP contribution in [0.1, 0.15) is 18.7 Å². The molecule has 0 saturated carbocycles. The first-order chi connectivity index (χ1) is 9.55. The van der Waals surface area contributed by atoms with Crippen LogP contribution in [0.25, 0.3) is 10.2 Å². The largest absolute Gasteiger partial charge is 0.368 e. The molecule has 0 aliphatic rings. The number of nitrogens with one attached hydrogen (secondary N) is 1. The number of nitrogens with zero attached hydrogens (tertiary/aromatic N) is 3.